The zero-order chi connectivity index (χ0) is 12.3. The fraction of sp³-hybridized carbons (Fsp3) is 0.467. The molecule has 1 aromatic heterocycles. The summed E-state index contributed by atoms with van der Waals surface area (Å²) in [5.41, 5.74) is 9.76. The van der Waals surface area contributed by atoms with Crippen molar-refractivity contribution in [3.8, 4) is 0 Å². The quantitative estimate of drug-likeness (QED) is 0.840. The molecule has 2 aromatic rings. The fourth-order valence-corrected chi connectivity index (χ4v) is 2.39. The second-order valence-corrected chi connectivity index (χ2v) is 4.76. The molecule has 0 spiro atoms. The normalized spacial score (nSPS) is 11.2. The molecule has 0 amide bonds. The van der Waals surface area contributed by atoms with Crippen molar-refractivity contribution in [3.63, 3.8) is 0 Å². The van der Waals surface area contributed by atoms with E-state index in [-0.39, 0.29) is 0 Å². The van der Waals surface area contributed by atoms with Gasteiger partial charge in [-0.1, -0.05) is 25.5 Å². The van der Waals surface area contributed by atoms with Crippen molar-refractivity contribution in [1.29, 1.82) is 0 Å². The Bertz CT molecular complexity index is 497. The van der Waals surface area contributed by atoms with E-state index in [4.69, 9.17) is 5.73 Å². The van der Waals surface area contributed by atoms with Gasteiger partial charge >= 0.3 is 0 Å². The Morgan fingerprint density at radius 2 is 2.12 bits per heavy atom. The number of nitrogens with zero attached hydrogens (tertiary/aromatic N) is 1. The van der Waals surface area contributed by atoms with Gasteiger partial charge in [-0.05, 0) is 43.5 Å². The highest BCUT2D eigenvalue weighted by molar-refractivity contribution is 5.84. The van der Waals surface area contributed by atoms with E-state index in [0.29, 0.717) is 0 Å². The van der Waals surface area contributed by atoms with Crippen molar-refractivity contribution in [1.82, 2.24) is 4.57 Å². The van der Waals surface area contributed by atoms with Gasteiger partial charge in [0.05, 0.1) is 0 Å². The average molecular weight is 230 g/mol. The lowest BCUT2D eigenvalue weighted by Crippen LogP contribution is -2.04. The zero-order valence-electron chi connectivity index (χ0n) is 10.9. The highest BCUT2D eigenvalue weighted by atomic mass is 15.0. The highest BCUT2D eigenvalue weighted by Gasteiger charge is 2.07. The first-order valence-corrected chi connectivity index (χ1v) is 6.54. The van der Waals surface area contributed by atoms with Crippen LogP contribution in [-0.4, -0.2) is 11.1 Å². The number of hydrogen-bond acceptors (Lipinski definition) is 1. The number of hydrogen-bond donors (Lipinski definition) is 1. The molecule has 0 aliphatic rings. The summed E-state index contributed by atoms with van der Waals surface area (Å²) in [6.07, 6.45) is 5.71. The topological polar surface area (TPSA) is 30.9 Å². The van der Waals surface area contributed by atoms with Gasteiger partial charge in [-0.15, -0.1) is 0 Å². The summed E-state index contributed by atoms with van der Waals surface area (Å²) in [5.74, 6) is 0. The second kappa shape index (κ2) is 5.37. The summed E-state index contributed by atoms with van der Waals surface area (Å²) >= 11 is 0. The van der Waals surface area contributed by atoms with E-state index in [2.05, 4.69) is 42.8 Å². The summed E-state index contributed by atoms with van der Waals surface area (Å²) in [5, 5.41) is 1.41. The lowest BCUT2D eigenvalue weighted by Gasteiger charge is -2.04. The number of aromatic nitrogens is 1. The van der Waals surface area contributed by atoms with Gasteiger partial charge in [0.2, 0.25) is 0 Å². The molecule has 0 fully saturated rings. The lowest BCUT2D eigenvalue weighted by molar-refractivity contribution is 0.668. The first-order chi connectivity index (χ1) is 8.26. The largest absolute Gasteiger partial charge is 0.347 e. The van der Waals surface area contributed by atoms with Crippen LogP contribution in [0.5, 0.6) is 0 Å². The predicted molar refractivity (Wildman–Crippen MR) is 74.3 cm³/mol. The first-order valence-electron chi connectivity index (χ1n) is 6.54. The van der Waals surface area contributed by atoms with Gasteiger partial charge in [-0.2, -0.15) is 0 Å². The summed E-state index contributed by atoms with van der Waals surface area (Å²) in [4.78, 5) is 0. The van der Waals surface area contributed by atoms with Crippen LogP contribution >= 0.6 is 0 Å². The van der Waals surface area contributed by atoms with Crippen LogP contribution in [0.3, 0.4) is 0 Å². The first kappa shape index (κ1) is 12.2. The maximum Gasteiger partial charge on any atom is 0.0485 e. The van der Waals surface area contributed by atoms with E-state index in [9.17, 15) is 0 Å². The molecule has 0 radical (unpaired) electrons. The van der Waals surface area contributed by atoms with Crippen molar-refractivity contribution in [3.05, 3.63) is 35.5 Å². The van der Waals surface area contributed by atoms with Crippen LogP contribution in [0.4, 0.5) is 0 Å². The second-order valence-electron chi connectivity index (χ2n) is 4.76. The van der Waals surface area contributed by atoms with E-state index >= 15 is 0 Å². The SMILES string of the molecule is CCCc1cn(CCCN)c2cc(C)ccc12. The molecule has 2 heteroatoms. The lowest BCUT2D eigenvalue weighted by atomic mass is 10.1. The van der Waals surface area contributed by atoms with Crippen molar-refractivity contribution in [2.45, 2.75) is 39.7 Å². The smallest absolute Gasteiger partial charge is 0.0485 e. The molecular formula is C15H22N2. The van der Waals surface area contributed by atoms with Gasteiger partial charge in [0, 0.05) is 23.6 Å². The minimum absolute atomic E-state index is 0.759. The molecule has 0 saturated carbocycles. The standard InChI is InChI=1S/C15H22N2/c1-3-5-13-11-17(9-4-8-16)15-10-12(2)6-7-14(13)15/h6-7,10-11H,3-5,8-9,16H2,1-2H3. The van der Waals surface area contributed by atoms with Gasteiger partial charge in [-0.3, -0.25) is 0 Å². The Morgan fingerprint density at radius 1 is 1.29 bits per heavy atom. The van der Waals surface area contributed by atoms with Crippen molar-refractivity contribution < 1.29 is 0 Å². The number of nitrogens with two attached hydrogens (primary N) is 1. The Labute approximate surface area is 103 Å². The van der Waals surface area contributed by atoms with Crippen LogP contribution in [0.15, 0.2) is 24.4 Å². The molecule has 0 saturated heterocycles. The van der Waals surface area contributed by atoms with Gasteiger partial charge in [0.1, 0.15) is 0 Å². The molecule has 0 atom stereocenters. The van der Waals surface area contributed by atoms with Crippen molar-refractivity contribution in [2.24, 2.45) is 5.73 Å². The number of aryl methyl sites for hydroxylation is 3. The Balaban J connectivity index is 2.46. The Morgan fingerprint density at radius 3 is 2.82 bits per heavy atom. The van der Waals surface area contributed by atoms with Crippen LogP contribution < -0.4 is 5.73 Å². The van der Waals surface area contributed by atoms with Crippen LogP contribution in [0.1, 0.15) is 30.9 Å². The van der Waals surface area contributed by atoms with E-state index in [1.165, 1.54) is 28.5 Å². The molecule has 17 heavy (non-hydrogen) atoms. The number of fused-ring (bicyclic) bond motifs is 1. The van der Waals surface area contributed by atoms with E-state index in [0.717, 1.165) is 25.9 Å². The zero-order valence-corrected chi connectivity index (χ0v) is 10.9. The maximum atomic E-state index is 5.60. The summed E-state index contributed by atoms with van der Waals surface area (Å²) in [6.45, 7) is 6.17. The summed E-state index contributed by atoms with van der Waals surface area (Å²) in [7, 11) is 0. The number of rotatable bonds is 5. The third-order valence-corrected chi connectivity index (χ3v) is 3.24. The molecule has 0 unspecified atom stereocenters. The molecule has 0 aliphatic heterocycles. The Kier molecular flexibility index (Phi) is 3.85. The molecule has 2 rings (SSSR count). The monoisotopic (exact) mass is 230 g/mol. The van der Waals surface area contributed by atoms with Crippen LogP contribution in [0.25, 0.3) is 10.9 Å². The molecule has 92 valence electrons. The molecule has 0 bridgehead atoms. The van der Waals surface area contributed by atoms with Crippen molar-refractivity contribution >= 4 is 10.9 Å². The van der Waals surface area contributed by atoms with E-state index in [1.54, 1.807) is 0 Å². The van der Waals surface area contributed by atoms with Crippen LogP contribution in [0, 0.1) is 6.92 Å². The third-order valence-electron chi connectivity index (χ3n) is 3.24. The maximum absolute atomic E-state index is 5.60. The molecule has 2 nitrogen and oxygen atoms in total. The predicted octanol–water partition coefficient (Wildman–Crippen LogP) is 3.25. The third kappa shape index (κ3) is 2.52. The van der Waals surface area contributed by atoms with Gasteiger partial charge in [0.15, 0.2) is 0 Å². The molecule has 2 N–H and O–H groups in total. The van der Waals surface area contributed by atoms with E-state index in [1.807, 2.05) is 0 Å². The highest BCUT2D eigenvalue weighted by Crippen LogP contribution is 2.24. The van der Waals surface area contributed by atoms with Crippen LogP contribution in [0.2, 0.25) is 0 Å². The fourth-order valence-electron chi connectivity index (χ4n) is 2.39. The summed E-state index contributed by atoms with van der Waals surface area (Å²) in [6, 6.07) is 6.74. The average Bonchev–Trinajstić information content (AvgIpc) is 2.65. The van der Waals surface area contributed by atoms with Gasteiger partial charge in [0.25, 0.3) is 0 Å². The van der Waals surface area contributed by atoms with Gasteiger partial charge in [-0.25, -0.2) is 0 Å². The minimum Gasteiger partial charge on any atom is -0.347 e. The van der Waals surface area contributed by atoms with Gasteiger partial charge < -0.3 is 10.3 Å². The molecule has 0 aliphatic carbocycles. The molecule has 1 aromatic carbocycles. The van der Waals surface area contributed by atoms with Crippen LogP contribution in [-0.2, 0) is 13.0 Å². The number of benzene rings is 1. The molecule has 1 heterocycles. The molecular weight excluding hydrogens is 208 g/mol. The van der Waals surface area contributed by atoms with Crippen molar-refractivity contribution in [2.75, 3.05) is 6.54 Å². The minimum atomic E-state index is 0.759. The summed E-state index contributed by atoms with van der Waals surface area (Å²) < 4.78 is 2.36. The Hall–Kier alpha value is -1.28. The van der Waals surface area contributed by atoms with E-state index < -0.39 is 0 Å².